The lowest BCUT2D eigenvalue weighted by Gasteiger charge is -2.34. The van der Waals surface area contributed by atoms with Crippen molar-refractivity contribution >= 4 is 23.4 Å². The van der Waals surface area contributed by atoms with Gasteiger partial charge in [0.1, 0.15) is 11.9 Å². The van der Waals surface area contributed by atoms with E-state index in [1.807, 2.05) is 42.6 Å². The Morgan fingerprint density at radius 1 is 1.08 bits per heavy atom. The Labute approximate surface area is 218 Å². The maximum Gasteiger partial charge on any atom is 0.326 e. The summed E-state index contributed by atoms with van der Waals surface area (Å²) in [5, 5.41) is 13.4. The monoisotopic (exact) mass is 498 g/mol. The van der Waals surface area contributed by atoms with Crippen LogP contribution in [0.1, 0.15) is 39.9 Å². The molecule has 7 heteroatoms. The third-order valence-electron chi connectivity index (χ3n) is 7.62. The van der Waals surface area contributed by atoms with Gasteiger partial charge in [0.2, 0.25) is 0 Å². The number of fused-ring (bicyclic) bond motifs is 1. The molecule has 3 aromatic rings. The highest BCUT2D eigenvalue weighted by molar-refractivity contribution is 5.99. The van der Waals surface area contributed by atoms with Gasteiger partial charge in [-0.3, -0.25) is 4.79 Å². The number of piperidine rings is 1. The third kappa shape index (κ3) is 5.77. The largest absolute Gasteiger partial charge is 0.480 e. The number of carboxylic acids is 1. The van der Waals surface area contributed by atoms with Gasteiger partial charge in [-0.05, 0) is 79.1 Å². The van der Waals surface area contributed by atoms with Crippen LogP contribution >= 0.6 is 0 Å². The van der Waals surface area contributed by atoms with E-state index in [4.69, 9.17) is 0 Å². The molecule has 1 unspecified atom stereocenters. The Bertz CT molecular complexity index is 1250. The molecule has 1 aromatic heterocycles. The maximum atomic E-state index is 13.0. The van der Waals surface area contributed by atoms with Gasteiger partial charge in [0.05, 0.1) is 0 Å². The first-order valence-electron chi connectivity index (χ1n) is 13.1. The highest BCUT2D eigenvalue weighted by Gasteiger charge is 2.34. The number of nitrogens with one attached hydrogen (secondary N) is 1. The first-order chi connectivity index (χ1) is 18.0. The van der Waals surface area contributed by atoms with Crippen molar-refractivity contribution in [2.45, 2.75) is 38.6 Å². The Morgan fingerprint density at radius 2 is 1.84 bits per heavy atom. The molecule has 1 amide bonds. The van der Waals surface area contributed by atoms with Gasteiger partial charge >= 0.3 is 5.97 Å². The van der Waals surface area contributed by atoms with Crippen molar-refractivity contribution in [3.8, 4) is 0 Å². The number of anilines is 2. The van der Waals surface area contributed by atoms with Crippen molar-refractivity contribution < 1.29 is 14.7 Å². The maximum absolute atomic E-state index is 13.0. The van der Waals surface area contributed by atoms with E-state index < -0.39 is 12.0 Å². The normalized spacial score (nSPS) is 16.8. The first kappa shape index (κ1) is 24.8. The van der Waals surface area contributed by atoms with Crippen molar-refractivity contribution in [1.29, 1.82) is 0 Å². The molecule has 0 radical (unpaired) electrons. The number of aliphatic carboxylic acids is 1. The predicted octanol–water partition coefficient (Wildman–Crippen LogP) is 4.41. The highest BCUT2D eigenvalue weighted by atomic mass is 16.4. The van der Waals surface area contributed by atoms with Crippen molar-refractivity contribution in [1.82, 2.24) is 9.88 Å². The van der Waals surface area contributed by atoms with Crippen LogP contribution in [0.2, 0.25) is 0 Å². The third-order valence-corrected chi connectivity index (χ3v) is 7.62. The minimum Gasteiger partial charge on any atom is -0.480 e. The summed E-state index contributed by atoms with van der Waals surface area (Å²) < 4.78 is 0. The topological polar surface area (TPSA) is 85.8 Å². The van der Waals surface area contributed by atoms with Crippen LogP contribution in [0.3, 0.4) is 0 Å². The van der Waals surface area contributed by atoms with E-state index in [-0.39, 0.29) is 5.91 Å². The van der Waals surface area contributed by atoms with Crippen LogP contribution in [0.4, 0.5) is 11.5 Å². The number of rotatable bonds is 8. The fraction of sp³-hybridized carbons (Fsp3) is 0.367. The van der Waals surface area contributed by atoms with Crippen molar-refractivity contribution in [2.24, 2.45) is 5.92 Å². The second-order valence-electron chi connectivity index (χ2n) is 10.2. The fourth-order valence-corrected chi connectivity index (χ4v) is 5.42. The molecule has 2 N–H and O–H groups in total. The lowest BCUT2D eigenvalue weighted by molar-refractivity contribution is -0.142. The standard InChI is InChI=1S/C30H34N4O3/c1-21-10-14-31-28(18-21)32-20-23-11-15-33(16-12-23)25-8-6-22(7-9-25)19-27(30(36)37)34-17-13-24-4-2-3-5-26(24)29(34)35/h2-10,14,18,23,27H,11-13,15-17,19-20H2,1H3,(H,31,32)(H,36,37). The quantitative estimate of drug-likeness (QED) is 0.479. The number of carboxylic acid groups (broad SMARTS) is 1. The molecule has 0 saturated carbocycles. The zero-order chi connectivity index (χ0) is 25.8. The van der Waals surface area contributed by atoms with Crippen LogP contribution in [0.15, 0.2) is 66.9 Å². The lowest BCUT2D eigenvalue weighted by Crippen LogP contribution is -2.49. The average molecular weight is 499 g/mol. The molecule has 2 aliphatic heterocycles. The van der Waals surface area contributed by atoms with Crippen LogP contribution in [-0.2, 0) is 17.6 Å². The van der Waals surface area contributed by atoms with Crippen molar-refractivity contribution in [3.63, 3.8) is 0 Å². The Balaban J connectivity index is 1.16. The molecule has 1 atom stereocenters. The van der Waals surface area contributed by atoms with E-state index in [0.29, 0.717) is 30.9 Å². The van der Waals surface area contributed by atoms with E-state index >= 15 is 0 Å². The summed E-state index contributed by atoms with van der Waals surface area (Å²) in [7, 11) is 0. The molecular weight excluding hydrogens is 464 g/mol. The minimum absolute atomic E-state index is 0.193. The molecule has 0 spiro atoms. The molecule has 2 aliphatic rings. The molecule has 3 heterocycles. The molecule has 1 saturated heterocycles. The van der Waals surface area contributed by atoms with Gasteiger partial charge in [-0.1, -0.05) is 30.3 Å². The number of hydrogen-bond donors (Lipinski definition) is 2. The van der Waals surface area contributed by atoms with Gasteiger partial charge < -0.3 is 20.2 Å². The van der Waals surface area contributed by atoms with Crippen LogP contribution in [0, 0.1) is 12.8 Å². The molecule has 1 fully saturated rings. The molecule has 192 valence electrons. The Morgan fingerprint density at radius 3 is 2.57 bits per heavy atom. The average Bonchev–Trinajstić information content (AvgIpc) is 2.92. The number of nitrogens with zero attached hydrogens (tertiary/aromatic N) is 3. The number of carbonyl (C=O) groups excluding carboxylic acids is 1. The number of aryl methyl sites for hydroxylation is 1. The van der Waals surface area contributed by atoms with Gasteiger partial charge in [0.25, 0.3) is 5.91 Å². The molecular formula is C30H34N4O3. The number of aromatic nitrogens is 1. The zero-order valence-electron chi connectivity index (χ0n) is 21.3. The Hall–Kier alpha value is -3.87. The molecule has 37 heavy (non-hydrogen) atoms. The van der Waals surface area contributed by atoms with Gasteiger partial charge in [0.15, 0.2) is 0 Å². The number of amides is 1. The van der Waals surface area contributed by atoms with Gasteiger partial charge in [0, 0.05) is 50.0 Å². The summed E-state index contributed by atoms with van der Waals surface area (Å²) in [5.74, 6) is 0.393. The fourth-order valence-electron chi connectivity index (χ4n) is 5.42. The van der Waals surface area contributed by atoms with E-state index in [1.54, 1.807) is 6.07 Å². The van der Waals surface area contributed by atoms with Crippen LogP contribution in [0.25, 0.3) is 0 Å². The number of hydrogen-bond acceptors (Lipinski definition) is 5. The van der Waals surface area contributed by atoms with Gasteiger partial charge in [-0.25, -0.2) is 9.78 Å². The molecule has 5 rings (SSSR count). The predicted molar refractivity (Wildman–Crippen MR) is 145 cm³/mol. The molecule has 7 nitrogen and oxygen atoms in total. The number of benzene rings is 2. The zero-order valence-corrected chi connectivity index (χ0v) is 21.3. The van der Waals surface area contributed by atoms with Crippen LogP contribution in [0.5, 0.6) is 0 Å². The summed E-state index contributed by atoms with van der Waals surface area (Å²) in [5.41, 5.74) is 4.89. The summed E-state index contributed by atoms with van der Waals surface area (Å²) >= 11 is 0. The van der Waals surface area contributed by atoms with E-state index in [1.165, 1.54) is 10.5 Å². The number of carbonyl (C=O) groups is 2. The van der Waals surface area contributed by atoms with Crippen LogP contribution in [-0.4, -0.2) is 59.1 Å². The minimum atomic E-state index is -0.964. The first-order valence-corrected chi connectivity index (χ1v) is 13.1. The van der Waals surface area contributed by atoms with E-state index in [0.717, 1.165) is 55.1 Å². The summed E-state index contributed by atoms with van der Waals surface area (Å²) in [4.78, 5) is 33.5. The summed E-state index contributed by atoms with van der Waals surface area (Å²) in [6.07, 6.45) is 5.04. The second-order valence-corrected chi connectivity index (χ2v) is 10.2. The summed E-state index contributed by atoms with van der Waals surface area (Å²) in [6, 6.07) is 18.8. The lowest BCUT2D eigenvalue weighted by atomic mass is 9.95. The highest BCUT2D eigenvalue weighted by Crippen LogP contribution is 2.26. The van der Waals surface area contributed by atoms with Gasteiger partial charge in [-0.15, -0.1) is 0 Å². The van der Waals surface area contributed by atoms with Crippen molar-refractivity contribution in [3.05, 3.63) is 89.1 Å². The van der Waals surface area contributed by atoms with Crippen molar-refractivity contribution in [2.75, 3.05) is 36.4 Å². The van der Waals surface area contributed by atoms with Gasteiger partial charge in [-0.2, -0.15) is 0 Å². The second kappa shape index (κ2) is 11.0. The molecule has 0 aliphatic carbocycles. The van der Waals surface area contributed by atoms with E-state index in [2.05, 4.69) is 40.3 Å². The smallest absolute Gasteiger partial charge is 0.326 e. The van der Waals surface area contributed by atoms with Crippen LogP contribution < -0.4 is 10.2 Å². The molecule has 2 aromatic carbocycles. The summed E-state index contributed by atoms with van der Waals surface area (Å²) in [6.45, 7) is 5.41. The van der Waals surface area contributed by atoms with E-state index in [9.17, 15) is 14.7 Å². The Kier molecular flexibility index (Phi) is 7.40. The number of pyridine rings is 1. The SMILES string of the molecule is Cc1ccnc(NCC2CCN(c3ccc(CC(C(=O)O)N4CCc5ccccc5C4=O)cc3)CC2)c1. The molecule has 0 bridgehead atoms.